The number of esters is 1. The van der Waals surface area contributed by atoms with E-state index in [2.05, 4.69) is 26.0 Å². The molecule has 0 saturated heterocycles. The maximum Gasteiger partial charge on any atom is 0.412 e. The number of nitrogens with one attached hydrogen (secondary N) is 1. The standard InChI is InChI=1S/C18H16BrNO4/c1-23-17(21)16(11-14-8-5-9-15(19)10-14)20-18(22)24-12-13-6-3-2-4-7-13/h2-11H,12H2,1H3,(H,20,22). The van der Waals surface area contributed by atoms with Crippen molar-refractivity contribution in [1.29, 1.82) is 0 Å². The normalized spacial score (nSPS) is 10.8. The van der Waals surface area contributed by atoms with Crippen molar-refractivity contribution in [1.82, 2.24) is 5.32 Å². The van der Waals surface area contributed by atoms with Crippen LogP contribution in [0, 0.1) is 0 Å². The van der Waals surface area contributed by atoms with Crippen LogP contribution in [-0.4, -0.2) is 19.2 Å². The summed E-state index contributed by atoms with van der Waals surface area (Å²) in [7, 11) is 1.24. The zero-order valence-electron chi connectivity index (χ0n) is 13.0. The summed E-state index contributed by atoms with van der Waals surface area (Å²) in [5.74, 6) is -0.661. The Morgan fingerprint density at radius 3 is 2.54 bits per heavy atom. The molecule has 0 spiro atoms. The molecule has 2 aromatic rings. The third-order valence-electron chi connectivity index (χ3n) is 3.01. The van der Waals surface area contributed by atoms with Gasteiger partial charge in [-0.05, 0) is 29.3 Å². The molecule has 2 rings (SSSR count). The second kappa shape index (κ2) is 8.88. The first kappa shape index (κ1) is 17.7. The zero-order valence-corrected chi connectivity index (χ0v) is 14.6. The summed E-state index contributed by atoms with van der Waals surface area (Å²) in [6.07, 6.45) is 0.783. The molecule has 0 heterocycles. The molecular weight excluding hydrogens is 374 g/mol. The maximum atomic E-state index is 11.9. The van der Waals surface area contributed by atoms with E-state index in [-0.39, 0.29) is 12.3 Å². The van der Waals surface area contributed by atoms with E-state index in [4.69, 9.17) is 4.74 Å². The van der Waals surface area contributed by atoms with Gasteiger partial charge in [0.15, 0.2) is 0 Å². The number of rotatable bonds is 5. The van der Waals surface area contributed by atoms with Crippen molar-refractivity contribution in [3.05, 3.63) is 75.9 Å². The Hall–Kier alpha value is -2.60. The highest BCUT2D eigenvalue weighted by atomic mass is 79.9. The van der Waals surface area contributed by atoms with Crippen molar-refractivity contribution in [3.63, 3.8) is 0 Å². The van der Waals surface area contributed by atoms with Gasteiger partial charge in [-0.2, -0.15) is 0 Å². The number of carbonyl (C=O) groups is 2. The Balaban J connectivity index is 2.05. The smallest absolute Gasteiger partial charge is 0.412 e. The molecule has 1 N–H and O–H groups in total. The minimum atomic E-state index is -0.731. The molecule has 0 atom stereocenters. The van der Waals surface area contributed by atoms with E-state index in [1.807, 2.05) is 42.5 Å². The topological polar surface area (TPSA) is 64.6 Å². The predicted molar refractivity (Wildman–Crippen MR) is 93.9 cm³/mol. The third-order valence-corrected chi connectivity index (χ3v) is 3.51. The van der Waals surface area contributed by atoms with Crippen LogP contribution in [0.2, 0.25) is 0 Å². The molecule has 0 unspecified atom stereocenters. The van der Waals surface area contributed by atoms with Crippen LogP contribution < -0.4 is 5.32 Å². The number of hydrogen-bond donors (Lipinski definition) is 1. The van der Waals surface area contributed by atoms with Crippen molar-refractivity contribution in [2.45, 2.75) is 6.61 Å². The van der Waals surface area contributed by atoms with Gasteiger partial charge in [0.05, 0.1) is 7.11 Å². The molecule has 0 saturated carbocycles. The van der Waals surface area contributed by atoms with Crippen LogP contribution in [0.1, 0.15) is 11.1 Å². The van der Waals surface area contributed by atoms with Crippen LogP contribution in [-0.2, 0) is 20.9 Å². The third kappa shape index (κ3) is 5.55. The van der Waals surface area contributed by atoms with Gasteiger partial charge in [0.1, 0.15) is 12.3 Å². The van der Waals surface area contributed by atoms with E-state index >= 15 is 0 Å². The van der Waals surface area contributed by atoms with Gasteiger partial charge >= 0.3 is 12.1 Å². The molecule has 2 aromatic carbocycles. The lowest BCUT2D eigenvalue weighted by Gasteiger charge is -2.09. The number of amides is 1. The Morgan fingerprint density at radius 1 is 1.12 bits per heavy atom. The summed E-state index contributed by atoms with van der Waals surface area (Å²) in [5.41, 5.74) is 1.57. The van der Waals surface area contributed by atoms with Gasteiger partial charge in [-0.3, -0.25) is 5.32 Å². The first-order chi connectivity index (χ1) is 11.6. The molecule has 0 radical (unpaired) electrons. The Labute approximate surface area is 148 Å². The number of hydrogen-bond acceptors (Lipinski definition) is 4. The van der Waals surface area contributed by atoms with Crippen molar-refractivity contribution in [2.24, 2.45) is 0 Å². The molecule has 0 aliphatic rings. The van der Waals surface area contributed by atoms with Crippen LogP contribution in [0.15, 0.2) is 64.8 Å². The molecule has 0 aliphatic heterocycles. The lowest BCUT2D eigenvalue weighted by atomic mass is 10.2. The van der Waals surface area contributed by atoms with E-state index in [0.717, 1.165) is 15.6 Å². The fraction of sp³-hybridized carbons (Fsp3) is 0.111. The minimum Gasteiger partial charge on any atom is -0.464 e. The maximum absolute atomic E-state index is 11.9. The molecule has 0 aromatic heterocycles. The summed E-state index contributed by atoms with van der Waals surface area (Å²) in [6, 6.07) is 16.5. The van der Waals surface area contributed by atoms with Crippen LogP contribution in [0.25, 0.3) is 6.08 Å². The highest BCUT2D eigenvalue weighted by molar-refractivity contribution is 9.10. The fourth-order valence-corrected chi connectivity index (χ4v) is 2.31. The minimum absolute atomic E-state index is 0.00587. The average Bonchev–Trinajstić information content (AvgIpc) is 2.59. The summed E-state index contributed by atoms with van der Waals surface area (Å²) >= 11 is 3.35. The van der Waals surface area contributed by atoms with Crippen LogP contribution >= 0.6 is 15.9 Å². The molecule has 24 heavy (non-hydrogen) atoms. The van der Waals surface area contributed by atoms with Gasteiger partial charge < -0.3 is 9.47 Å². The van der Waals surface area contributed by atoms with Crippen molar-refractivity contribution in [3.8, 4) is 0 Å². The largest absolute Gasteiger partial charge is 0.464 e. The number of carbonyl (C=O) groups excluding carboxylic acids is 2. The van der Waals surface area contributed by atoms with Gasteiger partial charge in [0.2, 0.25) is 0 Å². The van der Waals surface area contributed by atoms with Crippen molar-refractivity contribution >= 4 is 34.1 Å². The predicted octanol–water partition coefficient (Wildman–Crippen LogP) is 3.89. The number of ether oxygens (including phenoxy) is 2. The summed E-state index contributed by atoms with van der Waals surface area (Å²) in [4.78, 5) is 23.8. The molecular formula is C18H16BrNO4. The molecule has 124 valence electrons. The number of halogens is 1. The van der Waals surface area contributed by atoms with E-state index < -0.39 is 12.1 Å². The number of methoxy groups -OCH3 is 1. The molecule has 0 aliphatic carbocycles. The first-order valence-electron chi connectivity index (χ1n) is 7.12. The Bertz CT molecular complexity index is 744. The van der Waals surface area contributed by atoms with Crippen LogP contribution in [0.3, 0.4) is 0 Å². The second-order valence-electron chi connectivity index (χ2n) is 4.79. The number of alkyl carbamates (subject to hydrolysis) is 1. The molecule has 0 fully saturated rings. The second-order valence-corrected chi connectivity index (χ2v) is 5.71. The van der Waals surface area contributed by atoms with Crippen LogP contribution in [0.5, 0.6) is 0 Å². The lowest BCUT2D eigenvalue weighted by molar-refractivity contribution is -0.136. The monoisotopic (exact) mass is 389 g/mol. The van der Waals surface area contributed by atoms with E-state index in [1.165, 1.54) is 13.2 Å². The van der Waals surface area contributed by atoms with E-state index in [1.54, 1.807) is 12.1 Å². The fourth-order valence-electron chi connectivity index (χ4n) is 1.89. The quantitative estimate of drug-likeness (QED) is 0.622. The highest BCUT2D eigenvalue weighted by Crippen LogP contribution is 2.14. The van der Waals surface area contributed by atoms with Gasteiger partial charge in [0, 0.05) is 4.47 Å². The van der Waals surface area contributed by atoms with Crippen LogP contribution in [0.4, 0.5) is 4.79 Å². The molecule has 6 heteroatoms. The van der Waals surface area contributed by atoms with E-state index in [9.17, 15) is 9.59 Å². The SMILES string of the molecule is COC(=O)C(=Cc1cccc(Br)c1)NC(=O)OCc1ccccc1. The molecule has 1 amide bonds. The molecule has 0 bridgehead atoms. The first-order valence-corrected chi connectivity index (χ1v) is 7.91. The summed E-state index contributed by atoms with van der Waals surface area (Å²) in [6.45, 7) is 0.109. The van der Waals surface area contributed by atoms with Gasteiger partial charge in [-0.15, -0.1) is 0 Å². The zero-order chi connectivity index (χ0) is 17.4. The lowest BCUT2D eigenvalue weighted by Crippen LogP contribution is -2.28. The van der Waals surface area contributed by atoms with Crippen molar-refractivity contribution in [2.75, 3.05) is 7.11 Å². The average molecular weight is 390 g/mol. The van der Waals surface area contributed by atoms with E-state index in [0.29, 0.717) is 0 Å². The Morgan fingerprint density at radius 2 is 1.88 bits per heavy atom. The molecule has 5 nitrogen and oxygen atoms in total. The van der Waals surface area contributed by atoms with Gasteiger partial charge in [-0.25, -0.2) is 9.59 Å². The highest BCUT2D eigenvalue weighted by Gasteiger charge is 2.14. The summed E-state index contributed by atoms with van der Waals surface area (Å²) in [5, 5.41) is 2.42. The summed E-state index contributed by atoms with van der Waals surface area (Å²) < 4.78 is 10.6. The Kier molecular flexibility index (Phi) is 6.57. The van der Waals surface area contributed by atoms with Gasteiger partial charge in [-0.1, -0.05) is 58.4 Å². The van der Waals surface area contributed by atoms with Gasteiger partial charge in [0.25, 0.3) is 0 Å². The number of benzene rings is 2. The van der Waals surface area contributed by atoms with Crippen molar-refractivity contribution < 1.29 is 19.1 Å².